The normalized spacial score (nSPS) is 17.3. The molecule has 1 atom stereocenters. The van der Waals surface area contributed by atoms with Crippen LogP contribution in [-0.4, -0.2) is 24.2 Å². The summed E-state index contributed by atoms with van der Waals surface area (Å²) in [7, 11) is 0. The Bertz CT molecular complexity index is 455. The highest BCUT2D eigenvalue weighted by atomic mass is 19.1. The van der Waals surface area contributed by atoms with Gasteiger partial charge in [0.2, 0.25) is 0 Å². The number of benzene rings is 1. The Labute approximate surface area is 113 Å². The molecule has 0 aliphatic carbocycles. The van der Waals surface area contributed by atoms with Crippen LogP contribution in [0.3, 0.4) is 0 Å². The Morgan fingerprint density at radius 1 is 1.37 bits per heavy atom. The summed E-state index contributed by atoms with van der Waals surface area (Å²) in [5.74, 6) is -1.57. The molecule has 1 saturated heterocycles. The van der Waals surface area contributed by atoms with Gasteiger partial charge in [-0.25, -0.2) is 4.39 Å². The van der Waals surface area contributed by atoms with E-state index in [1.807, 2.05) is 6.07 Å². The van der Waals surface area contributed by atoms with E-state index in [1.165, 1.54) is 12.5 Å². The first-order chi connectivity index (χ1) is 9.08. The first-order valence-electron chi connectivity index (χ1n) is 6.84. The van der Waals surface area contributed by atoms with Crippen LogP contribution in [0.2, 0.25) is 0 Å². The minimum absolute atomic E-state index is 0.239. The number of piperidine rings is 1. The lowest BCUT2D eigenvalue weighted by molar-refractivity contribution is -0.141. The topological polar surface area (TPSA) is 40.5 Å². The average Bonchev–Trinajstić information content (AvgIpc) is 2.39. The maximum absolute atomic E-state index is 14.1. The molecule has 0 amide bonds. The number of nitrogens with zero attached hydrogens (tertiary/aromatic N) is 1. The average molecular weight is 265 g/mol. The lowest BCUT2D eigenvalue weighted by atomic mass is 10.0. The minimum atomic E-state index is -0.847. The maximum atomic E-state index is 14.1. The van der Waals surface area contributed by atoms with Crippen molar-refractivity contribution in [1.82, 2.24) is 0 Å². The monoisotopic (exact) mass is 265 g/mol. The second kappa shape index (κ2) is 6.04. The van der Waals surface area contributed by atoms with Crippen molar-refractivity contribution in [2.75, 3.05) is 18.0 Å². The van der Waals surface area contributed by atoms with Gasteiger partial charge in [-0.2, -0.15) is 0 Å². The Hall–Kier alpha value is -1.58. The first kappa shape index (κ1) is 13.8. The molecule has 0 bridgehead atoms. The molecule has 1 aromatic rings. The molecule has 19 heavy (non-hydrogen) atoms. The van der Waals surface area contributed by atoms with Crippen molar-refractivity contribution in [3.63, 3.8) is 0 Å². The molecule has 0 radical (unpaired) electrons. The molecule has 1 fully saturated rings. The van der Waals surface area contributed by atoms with E-state index in [0.29, 0.717) is 12.1 Å². The predicted molar refractivity (Wildman–Crippen MR) is 73.0 cm³/mol. The van der Waals surface area contributed by atoms with E-state index in [1.54, 1.807) is 13.0 Å². The van der Waals surface area contributed by atoms with Crippen molar-refractivity contribution in [2.24, 2.45) is 5.92 Å². The van der Waals surface area contributed by atoms with Crippen LogP contribution in [0.1, 0.15) is 31.7 Å². The summed E-state index contributed by atoms with van der Waals surface area (Å²) in [5, 5.41) is 8.87. The van der Waals surface area contributed by atoms with Crippen LogP contribution in [0, 0.1) is 11.7 Å². The molecule has 1 N–H and O–H groups in total. The maximum Gasteiger partial charge on any atom is 0.306 e. The number of anilines is 1. The van der Waals surface area contributed by atoms with Crippen molar-refractivity contribution in [3.05, 3.63) is 29.6 Å². The van der Waals surface area contributed by atoms with Crippen molar-refractivity contribution in [1.29, 1.82) is 0 Å². The van der Waals surface area contributed by atoms with Gasteiger partial charge in [0.25, 0.3) is 0 Å². The van der Waals surface area contributed by atoms with Crippen molar-refractivity contribution >= 4 is 11.7 Å². The molecule has 0 saturated carbocycles. The quantitative estimate of drug-likeness (QED) is 0.909. The van der Waals surface area contributed by atoms with Crippen LogP contribution in [0.15, 0.2) is 18.2 Å². The fraction of sp³-hybridized carbons (Fsp3) is 0.533. The van der Waals surface area contributed by atoms with Gasteiger partial charge in [-0.3, -0.25) is 4.79 Å². The zero-order valence-corrected chi connectivity index (χ0v) is 11.2. The van der Waals surface area contributed by atoms with Gasteiger partial charge >= 0.3 is 5.97 Å². The van der Waals surface area contributed by atoms with Crippen LogP contribution >= 0.6 is 0 Å². The zero-order valence-electron chi connectivity index (χ0n) is 11.2. The summed E-state index contributed by atoms with van der Waals surface area (Å²) in [4.78, 5) is 12.9. The van der Waals surface area contributed by atoms with Crippen LogP contribution in [-0.2, 0) is 11.2 Å². The summed E-state index contributed by atoms with van der Waals surface area (Å²) in [5.41, 5.74) is 1.39. The number of carboxylic acid groups (broad SMARTS) is 1. The molecular formula is C15H20FNO2. The third-order valence-electron chi connectivity index (χ3n) is 3.67. The standard InChI is InChI=1S/C15H20FNO2/c1-11(15(18)19)9-12-5-6-14(13(16)10-12)17-7-3-2-4-8-17/h5-6,10-11H,2-4,7-9H2,1H3,(H,18,19). The van der Waals surface area contributed by atoms with E-state index in [9.17, 15) is 9.18 Å². The van der Waals surface area contributed by atoms with E-state index < -0.39 is 11.9 Å². The molecule has 1 aliphatic heterocycles. The van der Waals surface area contributed by atoms with Gasteiger partial charge in [0, 0.05) is 13.1 Å². The number of halogens is 1. The van der Waals surface area contributed by atoms with Gasteiger partial charge in [-0.1, -0.05) is 13.0 Å². The Kier molecular flexibility index (Phi) is 4.40. The smallest absolute Gasteiger partial charge is 0.306 e. The second-order valence-electron chi connectivity index (χ2n) is 5.28. The van der Waals surface area contributed by atoms with Gasteiger partial charge in [-0.15, -0.1) is 0 Å². The lowest BCUT2D eigenvalue weighted by Gasteiger charge is -2.29. The summed E-state index contributed by atoms with van der Waals surface area (Å²) in [6, 6.07) is 5.10. The van der Waals surface area contributed by atoms with Gasteiger partial charge in [0.05, 0.1) is 11.6 Å². The van der Waals surface area contributed by atoms with Crippen molar-refractivity contribution in [3.8, 4) is 0 Å². The number of carbonyl (C=O) groups is 1. The summed E-state index contributed by atoms with van der Waals surface area (Å²) >= 11 is 0. The highest BCUT2D eigenvalue weighted by Crippen LogP contribution is 2.24. The molecule has 0 aromatic heterocycles. The Balaban J connectivity index is 2.10. The third kappa shape index (κ3) is 3.46. The fourth-order valence-electron chi connectivity index (χ4n) is 2.51. The number of rotatable bonds is 4. The molecule has 3 nitrogen and oxygen atoms in total. The van der Waals surface area contributed by atoms with Crippen LogP contribution in [0.25, 0.3) is 0 Å². The molecule has 2 rings (SSSR count). The van der Waals surface area contributed by atoms with Gasteiger partial charge in [-0.05, 0) is 43.4 Å². The summed E-state index contributed by atoms with van der Waals surface area (Å²) in [6.45, 7) is 3.45. The van der Waals surface area contributed by atoms with Crippen LogP contribution in [0.5, 0.6) is 0 Å². The molecule has 0 spiro atoms. The zero-order chi connectivity index (χ0) is 13.8. The Morgan fingerprint density at radius 2 is 2.05 bits per heavy atom. The van der Waals surface area contributed by atoms with Crippen LogP contribution < -0.4 is 4.90 Å². The number of aliphatic carboxylic acids is 1. The first-order valence-corrected chi connectivity index (χ1v) is 6.84. The number of hydrogen-bond acceptors (Lipinski definition) is 2. The summed E-state index contributed by atoms with van der Waals surface area (Å²) in [6.07, 6.45) is 3.80. The van der Waals surface area contributed by atoms with E-state index in [-0.39, 0.29) is 5.82 Å². The fourth-order valence-corrected chi connectivity index (χ4v) is 2.51. The predicted octanol–water partition coefficient (Wildman–Crippen LogP) is 3.08. The van der Waals surface area contributed by atoms with Crippen LogP contribution in [0.4, 0.5) is 10.1 Å². The molecule has 1 aromatic carbocycles. The van der Waals surface area contributed by atoms with Gasteiger partial charge in [0.15, 0.2) is 0 Å². The van der Waals surface area contributed by atoms with Crippen molar-refractivity contribution in [2.45, 2.75) is 32.6 Å². The van der Waals surface area contributed by atoms with Gasteiger partial charge < -0.3 is 10.0 Å². The molecular weight excluding hydrogens is 245 g/mol. The largest absolute Gasteiger partial charge is 0.481 e. The molecule has 104 valence electrons. The van der Waals surface area contributed by atoms with E-state index in [2.05, 4.69) is 4.90 Å². The number of carboxylic acids is 1. The molecule has 4 heteroatoms. The van der Waals surface area contributed by atoms with Crippen molar-refractivity contribution < 1.29 is 14.3 Å². The van der Waals surface area contributed by atoms with E-state index in [0.717, 1.165) is 31.5 Å². The van der Waals surface area contributed by atoms with E-state index >= 15 is 0 Å². The molecule has 1 unspecified atom stereocenters. The third-order valence-corrected chi connectivity index (χ3v) is 3.67. The molecule has 1 heterocycles. The molecule has 1 aliphatic rings. The highest BCUT2D eigenvalue weighted by molar-refractivity contribution is 5.70. The highest BCUT2D eigenvalue weighted by Gasteiger charge is 2.17. The second-order valence-corrected chi connectivity index (χ2v) is 5.28. The van der Waals surface area contributed by atoms with Gasteiger partial charge in [0.1, 0.15) is 5.82 Å². The van der Waals surface area contributed by atoms with E-state index in [4.69, 9.17) is 5.11 Å². The Morgan fingerprint density at radius 3 is 2.63 bits per heavy atom. The minimum Gasteiger partial charge on any atom is -0.481 e. The summed E-state index contributed by atoms with van der Waals surface area (Å²) < 4.78 is 14.1. The SMILES string of the molecule is CC(Cc1ccc(N2CCCCC2)c(F)c1)C(=O)O. The number of hydrogen-bond donors (Lipinski definition) is 1. The lowest BCUT2D eigenvalue weighted by Crippen LogP contribution is -2.30.